The topological polar surface area (TPSA) is 17.5 Å². The van der Waals surface area contributed by atoms with Crippen LogP contribution in [0.2, 0.25) is 0 Å². The summed E-state index contributed by atoms with van der Waals surface area (Å²) >= 11 is 0. The normalized spacial score (nSPS) is 37.4. The fraction of sp³-hybridized carbons (Fsp3) is 0.636. The van der Waals surface area contributed by atoms with Gasteiger partial charge in [-0.2, -0.15) is 0 Å². The second-order valence-electron chi connectivity index (χ2n) is 4.56. The van der Waals surface area contributed by atoms with Crippen LogP contribution in [0.1, 0.15) is 25.0 Å². The van der Waals surface area contributed by atoms with Gasteiger partial charge in [0.05, 0.1) is 11.8 Å². The number of fused-ring (bicyclic) bond motifs is 1. The molecule has 1 aromatic rings. The molecule has 3 rings (SSSR count). The second-order valence-corrected chi connectivity index (χ2v) is 4.56. The Kier molecular flexibility index (Phi) is 1.63. The first-order valence-electron chi connectivity index (χ1n) is 5.21. The molecule has 1 aromatic heterocycles. The van der Waals surface area contributed by atoms with Crippen molar-refractivity contribution >= 4 is 0 Å². The van der Waals surface area contributed by atoms with Crippen molar-refractivity contribution in [2.75, 3.05) is 0 Å². The molecule has 1 saturated heterocycles. The molecule has 1 aliphatic carbocycles. The van der Waals surface area contributed by atoms with Gasteiger partial charge in [-0.25, -0.2) is 8.78 Å². The van der Waals surface area contributed by atoms with E-state index < -0.39 is 11.5 Å². The fourth-order valence-corrected chi connectivity index (χ4v) is 2.64. The van der Waals surface area contributed by atoms with Crippen molar-refractivity contribution in [2.24, 2.45) is 7.05 Å². The molecule has 1 aliphatic heterocycles. The zero-order valence-electron chi connectivity index (χ0n) is 8.54. The van der Waals surface area contributed by atoms with Crippen molar-refractivity contribution in [3.63, 3.8) is 0 Å². The molecule has 2 aliphatic rings. The molecular weight excluding hydrogens is 200 g/mol. The van der Waals surface area contributed by atoms with Gasteiger partial charge in [0.2, 0.25) is 0 Å². The highest BCUT2D eigenvalue weighted by Gasteiger charge is 2.65. The van der Waals surface area contributed by atoms with Gasteiger partial charge in [0.25, 0.3) is 5.92 Å². The molecule has 0 bridgehead atoms. The Labute approximate surface area is 86.8 Å². The molecule has 15 heavy (non-hydrogen) atoms. The first-order chi connectivity index (χ1) is 7.04. The van der Waals surface area contributed by atoms with Crippen molar-refractivity contribution < 1.29 is 13.5 Å². The van der Waals surface area contributed by atoms with Crippen LogP contribution in [0.15, 0.2) is 18.3 Å². The summed E-state index contributed by atoms with van der Waals surface area (Å²) in [6.45, 7) is 0. The smallest absolute Gasteiger partial charge is 0.250 e. The molecule has 0 aromatic carbocycles. The average molecular weight is 213 g/mol. The van der Waals surface area contributed by atoms with Crippen molar-refractivity contribution in [3.05, 3.63) is 24.0 Å². The predicted molar refractivity (Wildman–Crippen MR) is 50.8 cm³/mol. The maximum atomic E-state index is 13.1. The van der Waals surface area contributed by atoms with E-state index in [1.54, 1.807) is 0 Å². The third kappa shape index (κ3) is 1.24. The van der Waals surface area contributed by atoms with E-state index in [-0.39, 0.29) is 18.9 Å². The van der Waals surface area contributed by atoms with Gasteiger partial charge >= 0.3 is 0 Å². The number of aromatic nitrogens is 1. The van der Waals surface area contributed by atoms with Gasteiger partial charge in [-0.3, -0.25) is 0 Å². The quantitative estimate of drug-likeness (QED) is 0.655. The molecule has 82 valence electrons. The molecule has 0 spiro atoms. The van der Waals surface area contributed by atoms with Crippen molar-refractivity contribution in [1.82, 2.24) is 4.57 Å². The number of nitrogens with zero attached hydrogens (tertiary/aromatic N) is 1. The first-order valence-corrected chi connectivity index (χ1v) is 5.21. The summed E-state index contributed by atoms with van der Waals surface area (Å²) in [5, 5.41) is 0. The molecule has 2 heterocycles. The summed E-state index contributed by atoms with van der Waals surface area (Å²) in [5.74, 6) is -2.53. The summed E-state index contributed by atoms with van der Waals surface area (Å²) in [6, 6.07) is 3.89. The average Bonchev–Trinajstić information content (AvgIpc) is 2.68. The SMILES string of the molecule is Cn1cccc1[C@@]12CCC(F)(F)C[C@@H]1O2. The molecule has 4 heteroatoms. The largest absolute Gasteiger partial charge is 0.359 e. The number of hydrogen-bond acceptors (Lipinski definition) is 1. The van der Waals surface area contributed by atoms with Crippen LogP contribution in [-0.4, -0.2) is 16.6 Å². The molecule has 0 unspecified atom stereocenters. The molecule has 0 amide bonds. The minimum Gasteiger partial charge on any atom is -0.359 e. The molecule has 2 atom stereocenters. The van der Waals surface area contributed by atoms with Crippen LogP contribution in [0.25, 0.3) is 0 Å². The van der Waals surface area contributed by atoms with Crippen LogP contribution in [0.4, 0.5) is 8.78 Å². The van der Waals surface area contributed by atoms with Crippen LogP contribution in [0, 0.1) is 0 Å². The van der Waals surface area contributed by atoms with Crippen LogP contribution in [0.3, 0.4) is 0 Å². The number of aryl methyl sites for hydroxylation is 1. The minimum atomic E-state index is -2.53. The van der Waals surface area contributed by atoms with E-state index in [0.717, 1.165) is 5.69 Å². The Hall–Kier alpha value is -0.900. The lowest BCUT2D eigenvalue weighted by atomic mass is 9.84. The third-order valence-corrected chi connectivity index (χ3v) is 3.54. The van der Waals surface area contributed by atoms with Crippen molar-refractivity contribution in [1.29, 1.82) is 0 Å². The number of ether oxygens (including phenoxy) is 1. The molecule has 0 radical (unpaired) electrons. The molecule has 0 N–H and O–H groups in total. The molecule has 2 nitrogen and oxygen atoms in total. The standard InChI is InChI=1S/C11H13F2NO/c1-14-6-2-3-8(14)11-5-4-10(12,13)7-9(11)15-11/h2-3,6,9H,4-5,7H2,1H3/t9-,11-/m0/s1. The fourth-order valence-electron chi connectivity index (χ4n) is 2.64. The zero-order chi connectivity index (χ0) is 10.7. The number of rotatable bonds is 1. The van der Waals surface area contributed by atoms with Gasteiger partial charge in [0, 0.05) is 26.1 Å². The monoisotopic (exact) mass is 213 g/mol. The van der Waals surface area contributed by atoms with E-state index in [0.29, 0.717) is 6.42 Å². The lowest BCUT2D eigenvalue weighted by molar-refractivity contribution is -0.0331. The van der Waals surface area contributed by atoms with Gasteiger partial charge in [0.15, 0.2) is 0 Å². The zero-order valence-corrected chi connectivity index (χ0v) is 8.54. The van der Waals surface area contributed by atoms with E-state index in [1.165, 1.54) is 0 Å². The van der Waals surface area contributed by atoms with Crippen molar-refractivity contribution in [3.8, 4) is 0 Å². The maximum absolute atomic E-state index is 13.1. The number of alkyl halides is 2. The minimum absolute atomic E-state index is 0.0608. The summed E-state index contributed by atoms with van der Waals surface area (Å²) < 4.78 is 33.7. The number of halogens is 2. The summed E-state index contributed by atoms with van der Waals surface area (Å²) in [4.78, 5) is 0. The number of hydrogen-bond donors (Lipinski definition) is 0. The van der Waals surface area contributed by atoms with E-state index in [4.69, 9.17) is 4.74 Å². The van der Waals surface area contributed by atoms with Crippen LogP contribution >= 0.6 is 0 Å². The predicted octanol–water partition coefficient (Wildman–Crippen LogP) is 2.44. The highest BCUT2D eigenvalue weighted by Crippen LogP contribution is 2.58. The van der Waals surface area contributed by atoms with E-state index in [9.17, 15) is 8.78 Å². The second kappa shape index (κ2) is 2.61. The van der Waals surface area contributed by atoms with E-state index >= 15 is 0 Å². The van der Waals surface area contributed by atoms with Gasteiger partial charge in [-0.1, -0.05) is 0 Å². The summed E-state index contributed by atoms with van der Waals surface area (Å²) in [5.41, 5.74) is 0.628. The first kappa shape index (κ1) is 9.33. The van der Waals surface area contributed by atoms with E-state index in [1.807, 2.05) is 29.9 Å². The molecular formula is C11H13F2NO. The van der Waals surface area contributed by atoms with E-state index in [2.05, 4.69) is 0 Å². The maximum Gasteiger partial charge on any atom is 0.250 e. The third-order valence-electron chi connectivity index (χ3n) is 3.54. The van der Waals surface area contributed by atoms with Gasteiger partial charge in [-0.15, -0.1) is 0 Å². The molecule has 2 fully saturated rings. The Bertz CT molecular complexity index is 401. The van der Waals surface area contributed by atoms with Gasteiger partial charge < -0.3 is 9.30 Å². The highest BCUT2D eigenvalue weighted by molar-refractivity contribution is 5.26. The van der Waals surface area contributed by atoms with Crippen LogP contribution in [0.5, 0.6) is 0 Å². The lowest BCUT2D eigenvalue weighted by Gasteiger charge is -2.24. The van der Waals surface area contributed by atoms with Crippen molar-refractivity contribution in [2.45, 2.75) is 36.9 Å². The van der Waals surface area contributed by atoms with Gasteiger partial charge in [-0.05, 0) is 18.6 Å². The van der Waals surface area contributed by atoms with Crippen LogP contribution < -0.4 is 0 Å². The highest BCUT2D eigenvalue weighted by atomic mass is 19.3. The summed E-state index contributed by atoms with van der Waals surface area (Å²) in [7, 11) is 1.93. The van der Waals surface area contributed by atoms with Gasteiger partial charge in [0.1, 0.15) is 5.60 Å². The Morgan fingerprint density at radius 2 is 2.27 bits per heavy atom. The Morgan fingerprint density at radius 1 is 1.47 bits per heavy atom. The lowest BCUT2D eigenvalue weighted by Crippen LogP contribution is -2.31. The Balaban J connectivity index is 1.89. The van der Waals surface area contributed by atoms with Crippen LogP contribution in [-0.2, 0) is 17.4 Å². The molecule has 1 saturated carbocycles. The summed E-state index contributed by atoms with van der Waals surface area (Å²) in [6.07, 6.45) is 1.89. The number of epoxide rings is 1. The Morgan fingerprint density at radius 3 is 2.87 bits per heavy atom.